The SMILES string of the molecule is CC(C)(C)[C@@H](NC(=O)NCc1cccc(C#N)c1)C(=O)O. The van der Waals surface area contributed by atoms with Crippen molar-refractivity contribution in [3.8, 4) is 6.07 Å². The van der Waals surface area contributed by atoms with E-state index in [9.17, 15) is 9.59 Å². The monoisotopic (exact) mass is 289 g/mol. The number of hydrogen-bond acceptors (Lipinski definition) is 3. The molecule has 2 amide bonds. The third kappa shape index (κ3) is 5.15. The molecule has 0 aliphatic carbocycles. The molecule has 0 heterocycles. The van der Waals surface area contributed by atoms with Crippen LogP contribution in [-0.4, -0.2) is 23.1 Å². The van der Waals surface area contributed by atoms with E-state index < -0.39 is 23.5 Å². The molecule has 21 heavy (non-hydrogen) atoms. The Balaban J connectivity index is 2.61. The number of carboxylic acid groups (broad SMARTS) is 1. The average molecular weight is 289 g/mol. The maximum atomic E-state index is 11.8. The predicted molar refractivity (Wildman–Crippen MR) is 77.4 cm³/mol. The van der Waals surface area contributed by atoms with Crippen molar-refractivity contribution < 1.29 is 14.7 Å². The van der Waals surface area contributed by atoms with Crippen LogP contribution in [0.3, 0.4) is 0 Å². The zero-order valence-corrected chi connectivity index (χ0v) is 12.3. The molecule has 0 saturated carbocycles. The minimum absolute atomic E-state index is 0.220. The second-order valence-electron chi connectivity index (χ2n) is 5.78. The number of carboxylic acids is 1. The van der Waals surface area contributed by atoms with Crippen LogP contribution in [0.1, 0.15) is 31.9 Å². The molecule has 0 bridgehead atoms. The first-order valence-corrected chi connectivity index (χ1v) is 6.50. The van der Waals surface area contributed by atoms with Crippen LogP contribution in [-0.2, 0) is 11.3 Å². The van der Waals surface area contributed by atoms with Crippen LogP contribution in [0.5, 0.6) is 0 Å². The number of nitrogens with one attached hydrogen (secondary N) is 2. The van der Waals surface area contributed by atoms with Crippen LogP contribution < -0.4 is 10.6 Å². The molecule has 0 aliphatic rings. The number of carbonyl (C=O) groups excluding carboxylic acids is 1. The smallest absolute Gasteiger partial charge is 0.326 e. The van der Waals surface area contributed by atoms with Gasteiger partial charge < -0.3 is 15.7 Å². The lowest BCUT2D eigenvalue weighted by Gasteiger charge is -2.27. The van der Waals surface area contributed by atoms with Gasteiger partial charge in [-0.1, -0.05) is 32.9 Å². The van der Waals surface area contributed by atoms with E-state index in [1.165, 1.54) is 0 Å². The molecule has 3 N–H and O–H groups in total. The quantitative estimate of drug-likeness (QED) is 0.787. The zero-order chi connectivity index (χ0) is 16.0. The van der Waals surface area contributed by atoms with E-state index in [2.05, 4.69) is 10.6 Å². The number of aliphatic carboxylic acids is 1. The number of nitrogens with zero attached hydrogens (tertiary/aromatic N) is 1. The van der Waals surface area contributed by atoms with E-state index in [-0.39, 0.29) is 6.54 Å². The molecule has 0 radical (unpaired) electrons. The summed E-state index contributed by atoms with van der Waals surface area (Å²) < 4.78 is 0. The molecule has 1 atom stereocenters. The first kappa shape index (κ1) is 16.5. The Labute approximate surface area is 123 Å². The van der Waals surface area contributed by atoms with Gasteiger partial charge >= 0.3 is 12.0 Å². The Morgan fingerprint density at radius 3 is 2.57 bits per heavy atom. The van der Waals surface area contributed by atoms with Crippen LogP contribution in [0.15, 0.2) is 24.3 Å². The highest BCUT2D eigenvalue weighted by atomic mass is 16.4. The summed E-state index contributed by atoms with van der Waals surface area (Å²) in [4.78, 5) is 22.9. The molecule has 0 aromatic heterocycles. The zero-order valence-electron chi connectivity index (χ0n) is 12.3. The lowest BCUT2D eigenvalue weighted by Crippen LogP contribution is -2.52. The highest BCUT2D eigenvalue weighted by Crippen LogP contribution is 2.19. The van der Waals surface area contributed by atoms with Gasteiger partial charge in [0.1, 0.15) is 6.04 Å². The van der Waals surface area contributed by atoms with Crippen molar-refractivity contribution in [3.63, 3.8) is 0 Å². The Kier molecular flexibility index (Phi) is 5.30. The van der Waals surface area contributed by atoms with Crippen LogP contribution >= 0.6 is 0 Å². The van der Waals surface area contributed by atoms with Gasteiger partial charge in [0.05, 0.1) is 11.6 Å². The standard InChI is InChI=1S/C15H19N3O3/c1-15(2,3)12(13(19)20)18-14(21)17-9-11-6-4-5-10(7-11)8-16/h4-7,12H,9H2,1-3H3,(H,19,20)(H2,17,18,21)/t12-/m0/s1. The van der Waals surface area contributed by atoms with Gasteiger partial charge in [-0.2, -0.15) is 5.26 Å². The molecule has 0 spiro atoms. The molecular weight excluding hydrogens is 270 g/mol. The normalized spacial score (nSPS) is 12.1. The summed E-state index contributed by atoms with van der Waals surface area (Å²) in [6, 6.07) is 7.31. The lowest BCUT2D eigenvalue weighted by atomic mass is 9.87. The Morgan fingerprint density at radius 2 is 2.05 bits per heavy atom. The molecule has 1 rings (SSSR count). The summed E-state index contributed by atoms with van der Waals surface area (Å²) >= 11 is 0. The van der Waals surface area contributed by atoms with Crippen molar-refractivity contribution >= 4 is 12.0 Å². The second kappa shape index (κ2) is 6.75. The van der Waals surface area contributed by atoms with Crippen LogP contribution in [0.2, 0.25) is 0 Å². The van der Waals surface area contributed by atoms with Crippen molar-refractivity contribution in [3.05, 3.63) is 35.4 Å². The van der Waals surface area contributed by atoms with E-state index in [0.717, 1.165) is 5.56 Å². The van der Waals surface area contributed by atoms with Gasteiger partial charge in [0.25, 0.3) is 0 Å². The van der Waals surface area contributed by atoms with Crippen molar-refractivity contribution in [2.45, 2.75) is 33.4 Å². The minimum Gasteiger partial charge on any atom is -0.480 e. The van der Waals surface area contributed by atoms with Gasteiger partial charge in [0.2, 0.25) is 0 Å². The maximum Gasteiger partial charge on any atom is 0.326 e. The first-order valence-electron chi connectivity index (χ1n) is 6.50. The molecule has 0 unspecified atom stereocenters. The van der Waals surface area contributed by atoms with Gasteiger partial charge in [-0.3, -0.25) is 0 Å². The van der Waals surface area contributed by atoms with E-state index in [4.69, 9.17) is 10.4 Å². The molecular formula is C15H19N3O3. The fourth-order valence-corrected chi connectivity index (χ4v) is 1.76. The summed E-state index contributed by atoms with van der Waals surface area (Å²) in [5.74, 6) is -1.08. The molecule has 6 heteroatoms. The largest absolute Gasteiger partial charge is 0.480 e. The first-order chi connectivity index (χ1) is 9.74. The molecule has 1 aromatic rings. The van der Waals surface area contributed by atoms with Gasteiger partial charge in [-0.05, 0) is 23.1 Å². The van der Waals surface area contributed by atoms with E-state index in [0.29, 0.717) is 5.56 Å². The Morgan fingerprint density at radius 1 is 1.38 bits per heavy atom. The third-order valence-electron chi connectivity index (χ3n) is 2.90. The molecule has 0 saturated heterocycles. The summed E-state index contributed by atoms with van der Waals surface area (Å²) in [5.41, 5.74) is 0.684. The van der Waals surface area contributed by atoms with Gasteiger partial charge in [0, 0.05) is 6.54 Å². The van der Waals surface area contributed by atoms with E-state index in [1.807, 2.05) is 6.07 Å². The maximum absolute atomic E-state index is 11.8. The second-order valence-corrected chi connectivity index (χ2v) is 5.78. The molecule has 0 aliphatic heterocycles. The molecule has 0 fully saturated rings. The minimum atomic E-state index is -1.08. The predicted octanol–water partition coefficient (Wildman–Crippen LogP) is 1.86. The van der Waals surface area contributed by atoms with Gasteiger partial charge in [-0.15, -0.1) is 0 Å². The van der Waals surface area contributed by atoms with E-state index >= 15 is 0 Å². The number of hydrogen-bond donors (Lipinski definition) is 3. The number of carbonyl (C=O) groups is 2. The Bertz CT molecular complexity index is 570. The van der Waals surface area contributed by atoms with Gasteiger partial charge in [0.15, 0.2) is 0 Å². The van der Waals surface area contributed by atoms with Crippen LogP contribution in [0.4, 0.5) is 4.79 Å². The average Bonchev–Trinajstić information content (AvgIpc) is 2.41. The summed E-state index contributed by atoms with van der Waals surface area (Å²) in [6.07, 6.45) is 0. The van der Waals surface area contributed by atoms with Crippen LogP contribution in [0.25, 0.3) is 0 Å². The molecule has 6 nitrogen and oxygen atoms in total. The van der Waals surface area contributed by atoms with Crippen molar-refractivity contribution in [1.82, 2.24) is 10.6 Å². The van der Waals surface area contributed by atoms with E-state index in [1.54, 1.807) is 45.0 Å². The van der Waals surface area contributed by atoms with Crippen molar-refractivity contribution in [1.29, 1.82) is 5.26 Å². The topological polar surface area (TPSA) is 102 Å². The number of benzene rings is 1. The fraction of sp³-hybridized carbons (Fsp3) is 0.400. The number of urea groups is 1. The fourth-order valence-electron chi connectivity index (χ4n) is 1.76. The highest BCUT2D eigenvalue weighted by Gasteiger charge is 2.32. The molecule has 1 aromatic carbocycles. The molecule has 112 valence electrons. The van der Waals surface area contributed by atoms with Crippen LogP contribution in [0, 0.1) is 16.7 Å². The van der Waals surface area contributed by atoms with Gasteiger partial charge in [-0.25, -0.2) is 9.59 Å². The lowest BCUT2D eigenvalue weighted by molar-refractivity contribution is -0.141. The number of amides is 2. The highest BCUT2D eigenvalue weighted by molar-refractivity contribution is 5.83. The number of rotatable bonds is 4. The third-order valence-corrected chi connectivity index (χ3v) is 2.90. The van der Waals surface area contributed by atoms with Crippen molar-refractivity contribution in [2.75, 3.05) is 0 Å². The summed E-state index contributed by atoms with van der Waals surface area (Å²) in [5, 5.41) is 23.0. The summed E-state index contributed by atoms with van der Waals surface area (Å²) in [6.45, 7) is 5.44. The van der Waals surface area contributed by atoms with Crippen molar-refractivity contribution in [2.24, 2.45) is 5.41 Å². The number of nitriles is 1. The Hall–Kier alpha value is -2.55. The summed E-state index contributed by atoms with van der Waals surface area (Å²) in [7, 11) is 0.